The van der Waals surface area contributed by atoms with Crippen LogP contribution in [0.15, 0.2) is 12.2 Å². The van der Waals surface area contributed by atoms with Gasteiger partial charge in [0.05, 0.1) is 0 Å². The molecule has 1 saturated heterocycles. The van der Waals surface area contributed by atoms with Gasteiger partial charge in [-0.05, 0) is 19.8 Å². The highest BCUT2D eigenvalue weighted by Crippen LogP contribution is 2.14. The van der Waals surface area contributed by atoms with E-state index in [4.69, 9.17) is 0 Å². The Labute approximate surface area is 74.0 Å². The van der Waals surface area contributed by atoms with Gasteiger partial charge in [0.2, 0.25) is 0 Å². The average molecular weight is 167 g/mol. The summed E-state index contributed by atoms with van der Waals surface area (Å²) in [5.74, 6) is 0.672. The van der Waals surface area contributed by atoms with E-state index in [1.165, 1.54) is 5.57 Å². The third-order valence-electron chi connectivity index (χ3n) is 2.31. The Morgan fingerprint density at radius 1 is 1.75 bits per heavy atom. The third-order valence-corrected chi connectivity index (χ3v) is 2.31. The molecule has 0 aromatic carbocycles. The number of Topliss-reactive ketones (excluding diaryl/α,β-unsaturated/α-hetero) is 1. The second-order valence-electron chi connectivity index (χ2n) is 3.61. The minimum atomic E-state index is 0.246. The lowest BCUT2D eigenvalue weighted by molar-refractivity contribution is -0.124. The summed E-state index contributed by atoms with van der Waals surface area (Å²) >= 11 is 0. The van der Waals surface area contributed by atoms with Crippen molar-refractivity contribution in [1.29, 1.82) is 0 Å². The molecule has 1 aliphatic rings. The van der Waals surface area contributed by atoms with Crippen molar-refractivity contribution in [2.75, 3.05) is 13.1 Å². The molecular weight excluding hydrogens is 150 g/mol. The van der Waals surface area contributed by atoms with Crippen molar-refractivity contribution in [3.8, 4) is 0 Å². The highest BCUT2D eigenvalue weighted by Gasteiger charge is 2.20. The molecular formula is C10H17NO. The molecule has 0 spiro atoms. The van der Waals surface area contributed by atoms with Gasteiger partial charge in [-0.25, -0.2) is 0 Å². The number of hydrogen-bond acceptors (Lipinski definition) is 2. The molecule has 0 aliphatic carbocycles. The molecule has 2 heteroatoms. The number of carbonyl (C=O) groups excluding carboxylic acids is 1. The van der Waals surface area contributed by atoms with E-state index in [9.17, 15) is 4.79 Å². The summed E-state index contributed by atoms with van der Waals surface area (Å²) < 4.78 is 0. The van der Waals surface area contributed by atoms with Crippen LogP contribution >= 0.6 is 0 Å². The molecule has 1 rings (SSSR count). The normalized spacial score (nSPS) is 24.1. The van der Waals surface area contributed by atoms with Gasteiger partial charge in [-0.1, -0.05) is 5.57 Å². The molecule has 0 aromatic rings. The summed E-state index contributed by atoms with van der Waals surface area (Å²) in [4.78, 5) is 11.3. The van der Waals surface area contributed by atoms with Crippen molar-refractivity contribution in [2.24, 2.45) is 5.92 Å². The van der Waals surface area contributed by atoms with Crippen LogP contribution in [0.3, 0.4) is 0 Å². The Bertz CT molecular complexity index is 186. The maximum absolute atomic E-state index is 11.3. The minimum Gasteiger partial charge on any atom is -0.316 e. The van der Waals surface area contributed by atoms with Gasteiger partial charge in [0.15, 0.2) is 0 Å². The maximum atomic E-state index is 11.3. The predicted octanol–water partition coefficient (Wildman–Crippen LogP) is 1.52. The molecule has 1 fully saturated rings. The lowest BCUT2D eigenvalue weighted by Crippen LogP contribution is -2.36. The predicted molar refractivity (Wildman–Crippen MR) is 50.0 cm³/mol. The van der Waals surface area contributed by atoms with E-state index in [1.807, 2.05) is 6.92 Å². The number of nitrogens with one attached hydrogen (secondary N) is 1. The average Bonchev–Trinajstić information content (AvgIpc) is 2.03. The van der Waals surface area contributed by atoms with Gasteiger partial charge in [0, 0.05) is 25.4 Å². The van der Waals surface area contributed by atoms with Gasteiger partial charge in [0.25, 0.3) is 0 Å². The second-order valence-corrected chi connectivity index (χ2v) is 3.61. The molecule has 1 aliphatic heterocycles. The summed E-state index contributed by atoms with van der Waals surface area (Å²) in [6.07, 6.45) is 2.67. The fourth-order valence-corrected chi connectivity index (χ4v) is 1.49. The SMILES string of the molecule is C=C(C)CCC1CNCCC1=O. The van der Waals surface area contributed by atoms with Crippen molar-refractivity contribution in [3.05, 3.63) is 12.2 Å². The van der Waals surface area contributed by atoms with Gasteiger partial charge >= 0.3 is 0 Å². The molecule has 0 saturated carbocycles. The number of piperidine rings is 1. The summed E-state index contributed by atoms with van der Waals surface area (Å²) in [6, 6.07) is 0. The monoisotopic (exact) mass is 167 g/mol. The topological polar surface area (TPSA) is 29.1 Å². The molecule has 2 nitrogen and oxygen atoms in total. The zero-order valence-electron chi connectivity index (χ0n) is 7.73. The first kappa shape index (κ1) is 9.46. The van der Waals surface area contributed by atoms with E-state index in [-0.39, 0.29) is 5.92 Å². The molecule has 1 atom stereocenters. The molecule has 0 amide bonds. The standard InChI is InChI=1S/C10H17NO/c1-8(2)3-4-9-7-11-6-5-10(9)12/h9,11H,1,3-7H2,2H3. The fourth-order valence-electron chi connectivity index (χ4n) is 1.49. The lowest BCUT2D eigenvalue weighted by Gasteiger charge is -2.21. The minimum absolute atomic E-state index is 0.246. The van der Waals surface area contributed by atoms with Gasteiger partial charge in [-0.15, -0.1) is 6.58 Å². The zero-order chi connectivity index (χ0) is 8.97. The van der Waals surface area contributed by atoms with Gasteiger partial charge in [-0.3, -0.25) is 4.79 Å². The Kier molecular flexibility index (Phi) is 3.48. The summed E-state index contributed by atoms with van der Waals surface area (Å²) in [5.41, 5.74) is 1.17. The molecule has 0 radical (unpaired) electrons. The zero-order valence-corrected chi connectivity index (χ0v) is 7.73. The largest absolute Gasteiger partial charge is 0.316 e. The van der Waals surface area contributed by atoms with Crippen LogP contribution < -0.4 is 5.32 Å². The summed E-state index contributed by atoms with van der Waals surface area (Å²) in [6.45, 7) is 7.58. The highest BCUT2D eigenvalue weighted by atomic mass is 16.1. The quantitative estimate of drug-likeness (QED) is 0.646. The summed E-state index contributed by atoms with van der Waals surface area (Å²) in [5, 5.41) is 3.24. The molecule has 1 heterocycles. The number of hydrogen-bond donors (Lipinski definition) is 1. The highest BCUT2D eigenvalue weighted by molar-refractivity contribution is 5.82. The third kappa shape index (κ3) is 2.78. The van der Waals surface area contributed by atoms with Crippen LogP contribution in [-0.2, 0) is 4.79 Å². The molecule has 68 valence electrons. The molecule has 1 N–H and O–H groups in total. The fraction of sp³-hybridized carbons (Fsp3) is 0.700. The van der Waals surface area contributed by atoms with Crippen molar-refractivity contribution in [1.82, 2.24) is 5.32 Å². The molecule has 1 unspecified atom stereocenters. The van der Waals surface area contributed by atoms with E-state index in [0.29, 0.717) is 12.2 Å². The molecule has 0 bridgehead atoms. The van der Waals surface area contributed by atoms with E-state index in [2.05, 4.69) is 11.9 Å². The molecule has 12 heavy (non-hydrogen) atoms. The van der Waals surface area contributed by atoms with Crippen LogP contribution in [0.25, 0.3) is 0 Å². The van der Waals surface area contributed by atoms with Gasteiger partial charge in [-0.2, -0.15) is 0 Å². The van der Waals surface area contributed by atoms with Crippen molar-refractivity contribution in [3.63, 3.8) is 0 Å². The Hall–Kier alpha value is -0.630. The second kappa shape index (κ2) is 4.41. The number of carbonyl (C=O) groups is 1. The lowest BCUT2D eigenvalue weighted by atomic mass is 9.92. The van der Waals surface area contributed by atoms with E-state index < -0.39 is 0 Å². The first-order valence-corrected chi connectivity index (χ1v) is 4.58. The Morgan fingerprint density at radius 2 is 2.50 bits per heavy atom. The number of rotatable bonds is 3. The Balaban J connectivity index is 2.29. The van der Waals surface area contributed by atoms with Crippen LogP contribution in [0.1, 0.15) is 26.2 Å². The van der Waals surface area contributed by atoms with E-state index in [1.54, 1.807) is 0 Å². The first-order valence-electron chi connectivity index (χ1n) is 4.58. The van der Waals surface area contributed by atoms with Crippen molar-refractivity contribution in [2.45, 2.75) is 26.2 Å². The maximum Gasteiger partial charge on any atom is 0.138 e. The van der Waals surface area contributed by atoms with Crippen molar-refractivity contribution < 1.29 is 4.79 Å². The van der Waals surface area contributed by atoms with E-state index >= 15 is 0 Å². The van der Waals surface area contributed by atoms with Crippen LogP contribution in [0.2, 0.25) is 0 Å². The van der Waals surface area contributed by atoms with Crippen LogP contribution in [0.4, 0.5) is 0 Å². The van der Waals surface area contributed by atoms with Crippen molar-refractivity contribution >= 4 is 5.78 Å². The summed E-state index contributed by atoms with van der Waals surface area (Å²) in [7, 11) is 0. The van der Waals surface area contributed by atoms with Gasteiger partial charge in [0.1, 0.15) is 5.78 Å². The molecule has 0 aromatic heterocycles. The van der Waals surface area contributed by atoms with Crippen LogP contribution in [0, 0.1) is 5.92 Å². The van der Waals surface area contributed by atoms with Crippen LogP contribution in [-0.4, -0.2) is 18.9 Å². The number of ketones is 1. The smallest absolute Gasteiger partial charge is 0.138 e. The Morgan fingerprint density at radius 3 is 3.08 bits per heavy atom. The van der Waals surface area contributed by atoms with Crippen LogP contribution in [0.5, 0.6) is 0 Å². The first-order chi connectivity index (χ1) is 5.70. The number of allylic oxidation sites excluding steroid dienone is 1. The van der Waals surface area contributed by atoms with Gasteiger partial charge < -0.3 is 5.32 Å². The van der Waals surface area contributed by atoms with E-state index in [0.717, 1.165) is 25.9 Å².